The molecule has 25 heavy (non-hydrogen) atoms. The number of hydrogen-bond donors (Lipinski definition) is 2. The molecule has 0 radical (unpaired) electrons. The number of rotatable bonds is 5. The van der Waals surface area contributed by atoms with Crippen molar-refractivity contribution in [3.63, 3.8) is 0 Å². The molecule has 2 amide bonds. The third-order valence-electron chi connectivity index (χ3n) is 3.31. The summed E-state index contributed by atoms with van der Waals surface area (Å²) in [6, 6.07) is 15.3. The van der Waals surface area contributed by atoms with Crippen molar-refractivity contribution in [2.75, 3.05) is 0 Å². The van der Waals surface area contributed by atoms with Gasteiger partial charge in [0.25, 0.3) is 11.8 Å². The Balaban J connectivity index is 1.81. The highest BCUT2D eigenvalue weighted by Crippen LogP contribution is 2.16. The molecule has 0 saturated heterocycles. The average Bonchev–Trinajstić information content (AvgIpc) is 2.62. The summed E-state index contributed by atoms with van der Waals surface area (Å²) in [7, 11) is 0. The van der Waals surface area contributed by atoms with Crippen LogP contribution in [-0.4, -0.2) is 23.9 Å². The molecule has 0 aliphatic carbocycles. The van der Waals surface area contributed by atoms with Crippen LogP contribution in [0.1, 0.15) is 22.8 Å². The van der Waals surface area contributed by atoms with E-state index in [1.54, 1.807) is 54.6 Å². The van der Waals surface area contributed by atoms with Crippen LogP contribution < -0.4 is 10.9 Å². The van der Waals surface area contributed by atoms with Gasteiger partial charge in [0, 0.05) is 10.6 Å². The van der Waals surface area contributed by atoms with E-state index in [2.05, 4.69) is 10.9 Å². The van der Waals surface area contributed by atoms with Crippen LogP contribution in [0.3, 0.4) is 0 Å². The van der Waals surface area contributed by atoms with E-state index in [0.717, 1.165) is 0 Å². The molecule has 0 unspecified atom stereocenters. The minimum atomic E-state index is -1.06. The molecule has 2 aromatic rings. The molecular formula is C18H17ClN2O4. The summed E-state index contributed by atoms with van der Waals surface area (Å²) in [6.45, 7) is 1.41. The Labute approximate surface area is 150 Å². The fourth-order valence-electron chi connectivity index (χ4n) is 1.97. The number of carbonyl (C=O) groups is 3. The maximum absolute atomic E-state index is 11.9. The van der Waals surface area contributed by atoms with Gasteiger partial charge < -0.3 is 4.74 Å². The van der Waals surface area contributed by atoms with E-state index < -0.39 is 23.9 Å². The van der Waals surface area contributed by atoms with Crippen LogP contribution in [0, 0.1) is 0 Å². The lowest BCUT2D eigenvalue weighted by Gasteiger charge is -2.14. The molecule has 0 bridgehead atoms. The molecule has 0 spiro atoms. The van der Waals surface area contributed by atoms with Crippen molar-refractivity contribution < 1.29 is 19.1 Å². The highest BCUT2D eigenvalue weighted by Gasteiger charge is 2.19. The molecule has 7 heteroatoms. The van der Waals surface area contributed by atoms with Crippen LogP contribution in [0.2, 0.25) is 5.02 Å². The van der Waals surface area contributed by atoms with Crippen molar-refractivity contribution in [3.05, 3.63) is 70.7 Å². The molecule has 0 aromatic heterocycles. The zero-order valence-electron chi connectivity index (χ0n) is 13.5. The first-order chi connectivity index (χ1) is 12.0. The second kappa shape index (κ2) is 8.84. The van der Waals surface area contributed by atoms with Gasteiger partial charge in [0.2, 0.25) is 0 Å². The fourth-order valence-corrected chi connectivity index (χ4v) is 2.17. The third kappa shape index (κ3) is 5.61. The van der Waals surface area contributed by atoms with Crippen LogP contribution in [0.5, 0.6) is 0 Å². The lowest BCUT2D eigenvalue weighted by molar-refractivity contribution is -0.154. The highest BCUT2D eigenvalue weighted by molar-refractivity contribution is 6.31. The summed E-state index contributed by atoms with van der Waals surface area (Å²) in [5.74, 6) is -1.70. The molecule has 0 aliphatic rings. The Morgan fingerprint density at radius 2 is 1.64 bits per heavy atom. The topological polar surface area (TPSA) is 84.5 Å². The quantitative estimate of drug-likeness (QED) is 0.633. The number of amides is 2. The molecule has 1 atom stereocenters. The number of esters is 1. The first-order valence-corrected chi connectivity index (χ1v) is 7.93. The van der Waals surface area contributed by atoms with Crippen molar-refractivity contribution in [1.82, 2.24) is 10.9 Å². The summed E-state index contributed by atoms with van der Waals surface area (Å²) in [4.78, 5) is 35.6. The van der Waals surface area contributed by atoms with Gasteiger partial charge in [-0.3, -0.25) is 25.2 Å². The number of benzene rings is 2. The van der Waals surface area contributed by atoms with E-state index in [-0.39, 0.29) is 6.42 Å². The van der Waals surface area contributed by atoms with Gasteiger partial charge in [-0.2, -0.15) is 0 Å². The zero-order chi connectivity index (χ0) is 18.2. The van der Waals surface area contributed by atoms with E-state index in [0.29, 0.717) is 16.1 Å². The molecule has 0 aliphatic heterocycles. The minimum absolute atomic E-state index is 0.0479. The predicted octanol–water partition coefficient (Wildman–Crippen LogP) is 2.28. The van der Waals surface area contributed by atoms with Gasteiger partial charge in [0.05, 0.1) is 6.42 Å². The largest absolute Gasteiger partial charge is 0.452 e. The summed E-state index contributed by atoms with van der Waals surface area (Å²) in [6.07, 6.45) is -1.11. The molecule has 2 rings (SSSR count). The highest BCUT2D eigenvalue weighted by atomic mass is 35.5. The second-order valence-electron chi connectivity index (χ2n) is 5.21. The Morgan fingerprint density at radius 1 is 1.00 bits per heavy atom. The average molecular weight is 361 g/mol. The first kappa shape index (κ1) is 18.5. The van der Waals surface area contributed by atoms with Gasteiger partial charge in [0.1, 0.15) is 0 Å². The standard InChI is InChI=1S/C18H17ClN2O4/c1-12(25-16(22)11-14-9-5-6-10-15(14)19)17(23)20-21-18(24)13-7-3-2-4-8-13/h2-10,12H,11H2,1H3,(H,20,23)(H,21,24)/t12-/m1/s1. The Hall–Kier alpha value is -2.86. The molecule has 6 nitrogen and oxygen atoms in total. The Bertz CT molecular complexity index is 765. The molecule has 2 N–H and O–H groups in total. The first-order valence-electron chi connectivity index (χ1n) is 7.55. The molecule has 130 valence electrons. The van der Waals surface area contributed by atoms with Crippen molar-refractivity contribution >= 4 is 29.4 Å². The predicted molar refractivity (Wildman–Crippen MR) is 92.8 cm³/mol. The Morgan fingerprint density at radius 3 is 2.32 bits per heavy atom. The van der Waals surface area contributed by atoms with E-state index in [4.69, 9.17) is 16.3 Å². The number of hydrogen-bond acceptors (Lipinski definition) is 4. The number of hydrazine groups is 1. The molecule has 0 heterocycles. The van der Waals surface area contributed by atoms with Crippen molar-refractivity contribution in [3.8, 4) is 0 Å². The molecule has 0 fully saturated rings. The second-order valence-corrected chi connectivity index (χ2v) is 5.62. The van der Waals surface area contributed by atoms with Gasteiger partial charge in [-0.05, 0) is 30.7 Å². The Kier molecular flexibility index (Phi) is 6.54. The monoisotopic (exact) mass is 360 g/mol. The van der Waals surface area contributed by atoms with Crippen molar-refractivity contribution in [2.24, 2.45) is 0 Å². The smallest absolute Gasteiger partial charge is 0.311 e. The van der Waals surface area contributed by atoms with Crippen LogP contribution in [0.4, 0.5) is 0 Å². The SMILES string of the molecule is C[C@@H](OC(=O)Cc1ccccc1Cl)C(=O)NNC(=O)c1ccccc1. The maximum atomic E-state index is 11.9. The van der Waals surface area contributed by atoms with Crippen molar-refractivity contribution in [2.45, 2.75) is 19.4 Å². The van der Waals surface area contributed by atoms with Gasteiger partial charge in [-0.15, -0.1) is 0 Å². The summed E-state index contributed by atoms with van der Waals surface area (Å²) >= 11 is 5.98. The number of carbonyl (C=O) groups excluding carboxylic acids is 3. The fraction of sp³-hybridized carbons (Fsp3) is 0.167. The summed E-state index contributed by atoms with van der Waals surface area (Å²) in [5, 5.41) is 0.451. The van der Waals surface area contributed by atoms with Crippen molar-refractivity contribution in [1.29, 1.82) is 0 Å². The summed E-state index contributed by atoms with van der Waals surface area (Å²) in [5.41, 5.74) is 5.49. The lowest BCUT2D eigenvalue weighted by atomic mass is 10.1. The van der Waals surface area contributed by atoms with E-state index in [1.165, 1.54) is 6.92 Å². The van der Waals surface area contributed by atoms with Gasteiger partial charge in [-0.1, -0.05) is 48.0 Å². The third-order valence-corrected chi connectivity index (χ3v) is 3.67. The normalized spacial score (nSPS) is 11.3. The van der Waals surface area contributed by atoms with Crippen LogP contribution in [0.25, 0.3) is 0 Å². The summed E-state index contributed by atoms with van der Waals surface area (Å²) < 4.78 is 5.05. The maximum Gasteiger partial charge on any atom is 0.311 e. The van der Waals surface area contributed by atoms with Crippen LogP contribution >= 0.6 is 11.6 Å². The van der Waals surface area contributed by atoms with Gasteiger partial charge in [0.15, 0.2) is 6.10 Å². The molecule has 0 saturated carbocycles. The molecule has 2 aromatic carbocycles. The van der Waals surface area contributed by atoms with E-state index >= 15 is 0 Å². The number of ether oxygens (including phenoxy) is 1. The van der Waals surface area contributed by atoms with E-state index in [9.17, 15) is 14.4 Å². The lowest BCUT2D eigenvalue weighted by Crippen LogP contribution is -2.46. The van der Waals surface area contributed by atoms with Gasteiger partial charge >= 0.3 is 5.97 Å². The van der Waals surface area contributed by atoms with Crippen LogP contribution in [-0.2, 0) is 20.7 Å². The number of halogens is 1. The minimum Gasteiger partial charge on any atom is -0.452 e. The molecular weight excluding hydrogens is 344 g/mol. The van der Waals surface area contributed by atoms with Crippen LogP contribution in [0.15, 0.2) is 54.6 Å². The zero-order valence-corrected chi connectivity index (χ0v) is 14.2. The van der Waals surface area contributed by atoms with Gasteiger partial charge in [-0.25, -0.2) is 0 Å². The van der Waals surface area contributed by atoms with E-state index in [1.807, 2.05) is 0 Å². The number of nitrogens with one attached hydrogen (secondary N) is 2.